The summed E-state index contributed by atoms with van der Waals surface area (Å²) < 4.78 is 5.26. The van der Waals surface area contributed by atoms with Gasteiger partial charge < -0.3 is 15.2 Å². The highest BCUT2D eigenvalue weighted by Gasteiger charge is 2.18. The summed E-state index contributed by atoms with van der Waals surface area (Å²) in [5.74, 6) is -0.466. The van der Waals surface area contributed by atoms with Crippen molar-refractivity contribution in [1.29, 1.82) is 0 Å². The van der Waals surface area contributed by atoms with E-state index < -0.39 is 12.1 Å². The summed E-state index contributed by atoms with van der Waals surface area (Å²) in [5, 5.41) is 12.2. The molecule has 1 atom stereocenters. The van der Waals surface area contributed by atoms with Crippen LogP contribution < -0.4 is 10.2 Å². The van der Waals surface area contributed by atoms with Crippen molar-refractivity contribution in [2.45, 2.75) is 58.5 Å². The van der Waals surface area contributed by atoms with Gasteiger partial charge in [0, 0.05) is 32.8 Å². The number of aromatic nitrogens is 2. The SMILES string of the molecule is CCCCCCCNC(=O)N(C)c1cccc(-c2ccc(C[C@H](OCC)C(=O)O)cn2)n1. The number of carbonyl (C=O) groups is 2. The monoisotopic (exact) mass is 442 g/mol. The fraction of sp³-hybridized carbons (Fsp3) is 0.500. The van der Waals surface area contributed by atoms with Gasteiger partial charge in [0.1, 0.15) is 5.82 Å². The summed E-state index contributed by atoms with van der Waals surface area (Å²) in [4.78, 5) is 34.2. The number of pyridine rings is 2. The number of amides is 2. The predicted octanol–water partition coefficient (Wildman–Crippen LogP) is 4.29. The number of hydrogen-bond acceptors (Lipinski definition) is 5. The Morgan fingerprint density at radius 1 is 1.09 bits per heavy atom. The molecule has 0 fully saturated rings. The normalized spacial score (nSPS) is 11.7. The standard InChI is InChI=1S/C24H34N4O4/c1-4-6-7-8-9-15-25-24(31)28(3)22-12-10-11-20(27-22)19-14-13-18(17-26-19)16-21(23(29)30)32-5-2/h10-14,17,21H,4-9,15-16H2,1-3H3,(H,25,31)(H,29,30)/t21-/m0/s1. The van der Waals surface area contributed by atoms with Crippen LogP contribution in [0.2, 0.25) is 0 Å². The van der Waals surface area contributed by atoms with E-state index in [1.807, 2.05) is 18.2 Å². The zero-order chi connectivity index (χ0) is 23.3. The minimum atomic E-state index is -0.993. The van der Waals surface area contributed by atoms with Crippen LogP contribution in [0.1, 0.15) is 51.5 Å². The van der Waals surface area contributed by atoms with Gasteiger partial charge in [0.2, 0.25) is 0 Å². The molecule has 2 aromatic heterocycles. The Hall–Kier alpha value is -3.00. The topological polar surface area (TPSA) is 105 Å². The third kappa shape index (κ3) is 7.92. The highest BCUT2D eigenvalue weighted by atomic mass is 16.5. The first kappa shape index (κ1) is 25.3. The molecule has 8 heteroatoms. The first-order chi connectivity index (χ1) is 15.5. The average molecular weight is 443 g/mol. The highest BCUT2D eigenvalue weighted by molar-refractivity contribution is 5.90. The summed E-state index contributed by atoms with van der Waals surface area (Å²) in [5.41, 5.74) is 2.04. The van der Waals surface area contributed by atoms with E-state index in [1.54, 1.807) is 32.3 Å². The van der Waals surface area contributed by atoms with Crippen LogP contribution in [-0.2, 0) is 16.0 Å². The second-order valence-corrected chi connectivity index (χ2v) is 7.62. The molecule has 0 aromatic carbocycles. The molecule has 0 unspecified atom stereocenters. The molecule has 2 heterocycles. The molecule has 2 N–H and O–H groups in total. The summed E-state index contributed by atoms with van der Waals surface area (Å²) in [6, 6.07) is 8.86. The van der Waals surface area contributed by atoms with Crippen LogP contribution in [0, 0.1) is 0 Å². The molecule has 0 saturated heterocycles. The van der Waals surface area contributed by atoms with Gasteiger partial charge in [-0.25, -0.2) is 14.6 Å². The molecule has 0 aliphatic heterocycles. The van der Waals surface area contributed by atoms with Crippen LogP contribution >= 0.6 is 0 Å². The quantitative estimate of drug-likeness (QED) is 0.448. The molecule has 0 spiro atoms. The maximum absolute atomic E-state index is 12.4. The van der Waals surface area contributed by atoms with Gasteiger partial charge in [-0.3, -0.25) is 9.88 Å². The number of nitrogens with zero attached hydrogens (tertiary/aromatic N) is 3. The van der Waals surface area contributed by atoms with Gasteiger partial charge in [-0.05, 0) is 37.1 Å². The Labute approximate surface area is 190 Å². The number of carboxylic acid groups (broad SMARTS) is 1. The molecular formula is C24H34N4O4. The largest absolute Gasteiger partial charge is 0.479 e. The lowest BCUT2D eigenvalue weighted by atomic mass is 10.1. The Kier molecular flexibility index (Phi) is 10.6. The van der Waals surface area contributed by atoms with Crippen molar-refractivity contribution in [3.8, 4) is 11.4 Å². The third-order valence-corrected chi connectivity index (χ3v) is 5.09. The first-order valence-corrected chi connectivity index (χ1v) is 11.2. The van der Waals surface area contributed by atoms with Gasteiger partial charge in [-0.2, -0.15) is 0 Å². The third-order valence-electron chi connectivity index (χ3n) is 5.09. The Balaban J connectivity index is 1.98. The van der Waals surface area contributed by atoms with Crippen molar-refractivity contribution in [3.63, 3.8) is 0 Å². The molecule has 174 valence electrons. The van der Waals surface area contributed by atoms with Gasteiger partial charge in [0.15, 0.2) is 6.10 Å². The van der Waals surface area contributed by atoms with Gasteiger partial charge in [0.05, 0.1) is 11.4 Å². The molecule has 32 heavy (non-hydrogen) atoms. The molecule has 2 amide bonds. The highest BCUT2D eigenvalue weighted by Crippen LogP contribution is 2.19. The smallest absolute Gasteiger partial charge is 0.333 e. The predicted molar refractivity (Wildman–Crippen MR) is 125 cm³/mol. The van der Waals surface area contributed by atoms with E-state index in [9.17, 15) is 14.7 Å². The van der Waals surface area contributed by atoms with Crippen LogP contribution in [-0.4, -0.2) is 53.4 Å². The molecule has 0 aliphatic rings. The maximum atomic E-state index is 12.4. The van der Waals surface area contributed by atoms with Crippen molar-refractivity contribution < 1.29 is 19.4 Å². The van der Waals surface area contributed by atoms with E-state index in [0.717, 1.165) is 18.4 Å². The molecule has 0 bridgehead atoms. The Morgan fingerprint density at radius 3 is 2.53 bits per heavy atom. The van der Waals surface area contributed by atoms with Crippen molar-refractivity contribution in [2.75, 3.05) is 25.1 Å². The minimum Gasteiger partial charge on any atom is -0.479 e. The summed E-state index contributed by atoms with van der Waals surface area (Å²) >= 11 is 0. The Morgan fingerprint density at radius 2 is 1.88 bits per heavy atom. The number of carbonyl (C=O) groups excluding carboxylic acids is 1. The van der Waals surface area contributed by atoms with Crippen LogP contribution in [0.4, 0.5) is 10.6 Å². The summed E-state index contributed by atoms with van der Waals surface area (Å²) in [6.45, 7) is 4.92. The number of anilines is 1. The van der Waals surface area contributed by atoms with E-state index in [2.05, 4.69) is 22.2 Å². The van der Waals surface area contributed by atoms with E-state index in [0.29, 0.717) is 30.4 Å². The van der Waals surface area contributed by atoms with E-state index >= 15 is 0 Å². The molecule has 8 nitrogen and oxygen atoms in total. The lowest BCUT2D eigenvalue weighted by Gasteiger charge is -2.18. The Bertz CT molecular complexity index is 857. The molecule has 2 rings (SSSR count). The van der Waals surface area contributed by atoms with Gasteiger partial charge in [0.25, 0.3) is 0 Å². The van der Waals surface area contributed by atoms with Crippen molar-refractivity contribution in [1.82, 2.24) is 15.3 Å². The van der Waals surface area contributed by atoms with Gasteiger partial charge in [-0.1, -0.05) is 44.7 Å². The number of ether oxygens (including phenoxy) is 1. The molecule has 0 radical (unpaired) electrons. The van der Waals surface area contributed by atoms with E-state index in [-0.39, 0.29) is 12.5 Å². The number of carboxylic acids is 1. The molecular weight excluding hydrogens is 408 g/mol. The van der Waals surface area contributed by atoms with Crippen molar-refractivity contribution in [3.05, 3.63) is 42.1 Å². The lowest BCUT2D eigenvalue weighted by molar-refractivity contribution is -0.149. The maximum Gasteiger partial charge on any atom is 0.333 e. The van der Waals surface area contributed by atoms with E-state index in [1.165, 1.54) is 24.2 Å². The van der Waals surface area contributed by atoms with Crippen LogP contribution in [0.15, 0.2) is 36.5 Å². The number of aliphatic carboxylic acids is 1. The number of urea groups is 1. The number of unbranched alkanes of at least 4 members (excludes halogenated alkanes) is 4. The molecule has 2 aromatic rings. The van der Waals surface area contributed by atoms with E-state index in [4.69, 9.17) is 4.74 Å². The average Bonchev–Trinajstić information content (AvgIpc) is 2.81. The second kappa shape index (κ2) is 13.4. The van der Waals surface area contributed by atoms with Crippen LogP contribution in [0.5, 0.6) is 0 Å². The number of hydrogen-bond donors (Lipinski definition) is 2. The first-order valence-electron chi connectivity index (χ1n) is 11.2. The lowest BCUT2D eigenvalue weighted by Crippen LogP contribution is -2.38. The zero-order valence-electron chi connectivity index (χ0n) is 19.2. The van der Waals surface area contributed by atoms with Crippen LogP contribution in [0.3, 0.4) is 0 Å². The van der Waals surface area contributed by atoms with Gasteiger partial charge in [-0.15, -0.1) is 0 Å². The molecule has 0 aliphatic carbocycles. The zero-order valence-corrected chi connectivity index (χ0v) is 19.2. The van der Waals surface area contributed by atoms with Crippen molar-refractivity contribution >= 4 is 17.8 Å². The summed E-state index contributed by atoms with van der Waals surface area (Å²) in [7, 11) is 1.69. The minimum absolute atomic E-state index is 0.191. The second-order valence-electron chi connectivity index (χ2n) is 7.62. The molecule has 0 saturated carbocycles. The number of nitrogens with one attached hydrogen (secondary N) is 1. The summed E-state index contributed by atoms with van der Waals surface area (Å²) in [6.07, 6.45) is 6.68. The van der Waals surface area contributed by atoms with Crippen LogP contribution in [0.25, 0.3) is 11.4 Å². The fourth-order valence-electron chi connectivity index (χ4n) is 3.23. The fourth-order valence-corrected chi connectivity index (χ4v) is 3.23. The van der Waals surface area contributed by atoms with Gasteiger partial charge >= 0.3 is 12.0 Å². The number of rotatable bonds is 13. The van der Waals surface area contributed by atoms with Crippen molar-refractivity contribution in [2.24, 2.45) is 0 Å².